The molecule has 0 saturated heterocycles. The number of rotatable bonds is 11. The van der Waals surface area contributed by atoms with Crippen molar-refractivity contribution in [3.8, 4) is 0 Å². The number of halogens is 20. The van der Waals surface area contributed by atoms with Gasteiger partial charge in [0.1, 0.15) is 0 Å². The molecule has 2 nitrogen and oxygen atoms in total. The standard InChI is InChI=1S/C12H6Cl2F18O2/c13-5(14,17)3(33)34-2-1-4(15,16)6(18,19)7(20,21)8(22,23)9(24,25)10(26,27)11(28,29)12(30,31)32/h3,33H,1-2H2. The lowest BCUT2D eigenvalue weighted by Gasteiger charge is -2.42. The zero-order valence-corrected chi connectivity index (χ0v) is 16.4. The lowest BCUT2D eigenvalue weighted by molar-refractivity contribution is -0.462. The van der Waals surface area contributed by atoms with Crippen LogP contribution in [-0.2, 0) is 4.74 Å². The summed E-state index contributed by atoms with van der Waals surface area (Å²) < 4.78 is 233. The highest BCUT2D eigenvalue weighted by atomic mass is 35.5. The predicted molar refractivity (Wildman–Crippen MR) is 72.8 cm³/mol. The molecule has 0 amide bonds. The first-order valence-electron chi connectivity index (χ1n) is 7.45. The first-order chi connectivity index (χ1) is 14.4. The minimum absolute atomic E-state index is 2.25. The third-order valence-corrected chi connectivity index (χ3v) is 4.13. The van der Waals surface area contributed by atoms with Crippen LogP contribution in [0.1, 0.15) is 6.42 Å². The van der Waals surface area contributed by atoms with Crippen molar-refractivity contribution in [2.24, 2.45) is 0 Å². The molecule has 0 aliphatic heterocycles. The maximum atomic E-state index is 13.5. The van der Waals surface area contributed by atoms with Gasteiger partial charge in [-0.3, -0.25) is 0 Å². The molecule has 0 fully saturated rings. The normalized spacial score (nSPS) is 17.2. The number of ether oxygens (including phenoxy) is 1. The van der Waals surface area contributed by atoms with Gasteiger partial charge in [0.05, 0.1) is 6.61 Å². The van der Waals surface area contributed by atoms with Gasteiger partial charge in [-0.2, -0.15) is 74.6 Å². The van der Waals surface area contributed by atoms with Gasteiger partial charge in [0.2, 0.25) is 6.29 Å². The van der Waals surface area contributed by atoms with E-state index in [9.17, 15) is 79.0 Å². The van der Waals surface area contributed by atoms with Gasteiger partial charge < -0.3 is 9.84 Å². The number of aliphatic hydroxyl groups excluding tert-OH is 1. The maximum Gasteiger partial charge on any atom is 0.460 e. The van der Waals surface area contributed by atoms with E-state index < -0.39 is 71.5 Å². The molecular weight excluding hydrogens is 589 g/mol. The Morgan fingerprint density at radius 3 is 1.12 bits per heavy atom. The number of hydrogen-bond donors (Lipinski definition) is 1. The van der Waals surface area contributed by atoms with Crippen LogP contribution in [0.25, 0.3) is 0 Å². The highest BCUT2D eigenvalue weighted by molar-refractivity contribution is 6.47. The Morgan fingerprint density at radius 1 is 0.529 bits per heavy atom. The van der Waals surface area contributed by atoms with Crippen LogP contribution in [0.2, 0.25) is 0 Å². The summed E-state index contributed by atoms with van der Waals surface area (Å²) in [7, 11) is 0. The fourth-order valence-corrected chi connectivity index (χ4v) is 1.87. The molecule has 22 heteroatoms. The quantitative estimate of drug-likeness (QED) is 0.162. The van der Waals surface area contributed by atoms with Gasteiger partial charge in [0, 0.05) is 6.42 Å². The van der Waals surface area contributed by atoms with E-state index in [0.717, 1.165) is 0 Å². The van der Waals surface area contributed by atoms with E-state index in [4.69, 9.17) is 5.11 Å². The van der Waals surface area contributed by atoms with Crippen molar-refractivity contribution in [3.05, 3.63) is 0 Å². The summed E-state index contributed by atoms with van der Waals surface area (Å²) in [5.74, 6) is -57.4. The van der Waals surface area contributed by atoms with Crippen LogP contribution in [0.3, 0.4) is 0 Å². The fraction of sp³-hybridized carbons (Fsp3) is 1.00. The molecule has 0 radical (unpaired) electrons. The van der Waals surface area contributed by atoms with E-state index >= 15 is 0 Å². The van der Waals surface area contributed by atoms with Crippen LogP contribution in [0.4, 0.5) is 79.0 Å². The summed E-state index contributed by atoms with van der Waals surface area (Å²) in [6.07, 6.45) is -14.1. The van der Waals surface area contributed by atoms with Crippen LogP contribution >= 0.6 is 23.2 Å². The first kappa shape index (κ1) is 33.2. The van der Waals surface area contributed by atoms with Gasteiger partial charge in [-0.25, -0.2) is 4.39 Å². The second kappa shape index (κ2) is 8.97. The monoisotopic (exact) mass is 594 g/mol. The van der Waals surface area contributed by atoms with Crippen molar-refractivity contribution in [2.75, 3.05) is 6.61 Å². The lowest BCUT2D eigenvalue weighted by Crippen LogP contribution is -2.74. The first-order valence-corrected chi connectivity index (χ1v) is 8.21. The van der Waals surface area contributed by atoms with Crippen LogP contribution in [-0.4, -0.2) is 70.2 Å². The van der Waals surface area contributed by atoms with Crippen LogP contribution in [0.15, 0.2) is 0 Å². The predicted octanol–water partition coefficient (Wildman–Crippen LogP) is 6.82. The van der Waals surface area contributed by atoms with E-state index in [0.29, 0.717) is 0 Å². The second-order valence-corrected chi connectivity index (χ2v) is 7.46. The van der Waals surface area contributed by atoms with Gasteiger partial charge in [-0.05, 0) is 0 Å². The molecule has 0 aliphatic carbocycles. The van der Waals surface area contributed by atoms with Gasteiger partial charge >= 0.3 is 52.2 Å². The van der Waals surface area contributed by atoms with E-state index in [1.165, 1.54) is 0 Å². The Bertz CT molecular complexity index is 713. The van der Waals surface area contributed by atoms with Gasteiger partial charge in [-0.15, -0.1) is 0 Å². The highest BCUT2D eigenvalue weighted by Crippen LogP contribution is 2.64. The molecule has 1 atom stereocenters. The Kier molecular flexibility index (Phi) is 8.77. The van der Waals surface area contributed by atoms with E-state index in [2.05, 4.69) is 27.9 Å². The minimum atomic E-state index is -8.74. The third-order valence-electron chi connectivity index (χ3n) is 3.76. The van der Waals surface area contributed by atoms with E-state index in [-0.39, 0.29) is 0 Å². The minimum Gasteiger partial charge on any atom is -0.363 e. The van der Waals surface area contributed by atoms with E-state index in [1.54, 1.807) is 0 Å². The molecule has 0 saturated carbocycles. The summed E-state index contributed by atoms with van der Waals surface area (Å²) in [5.41, 5.74) is 0. The topological polar surface area (TPSA) is 29.5 Å². The van der Waals surface area contributed by atoms with Crippen molar-refractivity contribution in [3.63, 3.8) is 0 Å². The number of alkyl halides is 20. The summed E-state index contributed by atoms with van der Waals surface area (Å²) in [6.45, 7) is -2.25. The molecule has 0 aromatic carbocycles. The van der Waals surface area contributed by atoms with Crippen molar-refractivity contribution < 1.29 is 88.9 Å². The highest BCUT2D eigenvalue weighted by Gasteiger charge is 2.95. The zero-order valence-electron chi connectivity index (χ0n) is 14.9. The molecule has 0 heterocycles. The van der Waals surface area contributed by atoms with Gasteiger partial charge in [-0.1, -0.05) is 23.2 Å². The molecule has 0 aliphatic rings. The van der Waals surface area contributed by atoms with Crippen molar-refractivity contribution >= 4 is 23.2 Å². The summed E-state index contributed by atoms with van der Waals surface area (Å²) in [5, 5.41) is 8.71. The van der Waals surface area contributed by atoms with Crippen LogP contribution < -0.4 is 0 Å². The second-order valence-electron chi connectivity index (χ2n) is 6.16. The van der Waals surface area contributed by atoms with Crippen molar-refractivity contribution in [1.82, 2.24) is 0 Å². The van der Waals surface area contributed by atoms with Crippen molar-refractivity contribution in [1.29, 1.82) is 0 Å². The molecule has 0 aromatic rings. The third kappa shape index (κ3) is 5.05. The Morgan fingerprint density at radius 2 is 0.824 bits per heavy atom. The lowest BCUT2D eigenvalue weighted by atomic mass is 9.88. The molecule has 0 bridgehead atoms. The molecule has 0 rings (SSSR count). The average molecular weight is 595 g/mol. The van der Waals surface area contributed by atoms with E-state index in [1.807, 2.05) is 0 Å². The van der Waals surface area contributed by atoms with Gasteiger partial charge in [0.25, 0.3) is 0 Å². The Labute approximate surface area is 184 Å². The SMILES string of the molecule is OC(OCCC(F)(F)C(F)(F)C(F)(F)C(F)(F)C(F)(F)C(F)(F)C(F)(F)C(F)(F)F)C(F)(Cl)Cl. The molecule has 1 N–H and O–H groups in total. The fourth-order valence-electron chi connectivity index (χ4n) is 1.75. The van der Waals surface area contributed by atoms with Gasteiger partial charge in [0.15, 0.2) is 0 Å². The molecule has 206 valence electrons. The smallest absolute Gasteiger partial charge is 0.363 e. The molecule has 0 spiro atoms. The van der Waals surface area contributed by atoms with Crippen LogP contribution in [0, 0.1) is 0 Å². The van der Waals surface area contributed by atoms with Crippen molar-refractivity contribution in [2.45, 2.75) is 64.9 Å². The Balaban J connectivity index is 6.30. The molecule has 1 unspecified atom stereocenters. The largest absolute Gasteiger partial charge is 0.460 e. The Hall–Kier alpha value is -0.760. The average Bonchev–Trinajstić information content (AvgIpc) is 2.58. The summed E-state index contributed by atoms with van der Waals surface area (Å²) >= 11 is 8.98. The molecule has 0 aromatic heterocycles. The summed E-state index contributed by atoms with van der Waals surface area (Å²) in [4.78, 5) is 0. The summed E-state index contributed by atoms with van der Waals surface area (Å²) in [6, 6.07) is 0. The maximum absolute atomic E-state index is 13.5. The van der Waals surface area contributed by atoms with Crippen LogP contribution in [0.5, 0.6) is 0 Å². The number of hydrogen-bond acceptors (Lipinski definition) is 2. The number of aliphatic hydroxyl groups is 1. The molecule has 34 heavy (non-hydrogen) atoms. The zero-order chi connectivity index (χ0) is 28.2. The molecular formula is C12H6Cl2F18O2.